The van der Waals surface area contributed by atoms with E-state index in [-0.39, 0.29) is 0 Å². The molecule has 3 aromatic rings. The lowest BCUT2D eigenvalue weighted by Gasteiger charge is -2.12. The Bertz CT molecular complexity index is 633. The summed E-state index contributed by atoms with van der Waals surface area (Å²) < 4.78 is 1.87. The van der Waals surface area contributed by atoms with E-state index in [1.807, 2.05) is 34.7 Å². The zero-order valence-corrected chi connectivity index (χ0v) is 9.06. The Balaban J connectivity index is 2.13. The Morgan fingerprint density at radius 1 is 1.06 bits per heavy atom. The van der Waals surface area contributed by atoms with Gasteiger partial charge in [-0.15, -0.1) is 0 Å². The van der Waals surface area contributed by atoms with Gasteiger partial charge in [-0.1, -0.05) is 12.1 Å². The number of pyridine rings is 2. The molecule has 1 atom stereocenters. The van der Waals surface area contributed by atoms with Crippen LogP contribution in [0, 0.1) is 0 Å². The van der Waals surface area contributed by atoms with Gasteiger partial charge in [-0.2, -0.15) is 0 Å². The molecule has 4 nitrogen and oxygen atoms in total. The fourth-order valence-electron chi connectivity index (χ4n) is 1.90. The first kappa shape index (κ1) is 9.99. The van der Waals surface area contributed by atoms with Crippen LogP contribution in [0.3, 0.4) is 0 Å². The van der Waals surface area contributed by atoms with Crippen molar-refractivity contribution in [3.05, 3.63) is 66.5 Å². The monoisotopic (exact) mass is 225 g/mol. The maximum absolute atomic E-state index is 10.3. The Kier molecular flexibility index (Phi) is 2.34. The van der Waals surface area contributed by atoms with E-state index in [0.717, 1.165) is 16.8 Å². The molecule has 3 rings (SSSR count). The summed E-state index contributed by atoms with van der Waals surface area (Å²) in [4.78, 5) is 8.09. The highest BCUT2D eigenvalue weighted by Gasteiger charge is 2.13. The van der Waals surface area contributed by atoms with Gasteiger partial charge in [0.1, 0.15) is 6.10 Å². The molecule has 4 heteroatoms. The summed E-state index contributed by atoms with van der Waals surface area (Å²) in [7, 11) is 0. The number of nitrogens with zero attached hydrogens (tertiary/aromatic N) is 3. The van der Waals surface area contributed by atoms with E-state index in [1.165, 1.54) is 0 Å². The van der Waals surface area contributed by atoms with Gasteiger partial charge in [0.2, 0.25) is 0 Å². The molecule has 0 bridgehead atoms. The molecule has 0 fully saturated rings. The van der Waals surface area contributed by atoms with Crippen molar-refractivity contribution in [3.63, 3.8) is 0 Å². The standard InChI is InChI=1S/C13H11N3O/c17-13(10-3-2-6-14-7-10)12-5-1-4-11-8-15-9-16(11)12/h1-9,13,17H. The van der Waals surface area contributed by atoms with Gasteiger partial charge >= 0.3 is 0 Å². The van der Waals surface area contributed by atoms with Gasteiger partial charge in [0.25, 0.3) is 0 Å². The SMILES string of the molecule is OC(c1cccnc1)c1cccc2cncn12. The topological polar surface area (TPSA) is 50.4 Å². The van der Waals surface area contributed by atoms with Gasteiger partial charge in [0, 0.05) is 18.0 Å². The Morgan fingerprint density at radius 3 is 2.82 bits per heavy atom. The molecule has 3 aromatic heterocycles. The predicted octanol–water partition coefficient (Wildman–Crippen LogP) is 1.81. The van der Waals surface area contributed by atoms with Crippen LogP contribution in [0.4, 0.5) is 0 Å². The molecule has 0 saturated heterocycles. The number of hydrogen-bond donors (Lipinski definition) is 1. The lowest BCUT2D eigenvalue weighted by atomic mass is 10.1. The van der Waals surface area contributed by atoms with Crippen molar-refractivity contribution < 1.29 is 5.11 Å². The normalized spacial score (nSPS) is 12.8. The van der Waals surface area contributed by atoms with Crippen molar-refractivity contribution in [2.24, 2.45) is 0 Å². The van der Waals surface area contributed by atoms with Crippen LogP contribution in [0.2, 0.25) is 0 Å². The Hall–Kier alpha value is -2.20. The van der Waals surface area contributed by atoms with Crippen molar-refractivity contribution in [1.29, 1.82) is 0 Å². The number of hydrogen-bond acceptors (Lipinski definition) is 3. The lowest BCUT2D eigenvalue weighted by molar-refractivity contribution is 0.213. The molecule has 3 heterocycles. The molecule has 0 saturated carbocycles. The molecule has 0 aromatic carbocycles. The molecule has 0 spiro atoms. The van der Waals surface area contributed by atoms with Crippen LogP contribution < -0.4 is 0 Å². The van der Waals surface area contributed by atoms with Gasteiger partial charge < -0.3 is 9.51 Å². The van der Waals surface area contributed by atoms with E-state index in [9.17, 15) is 5.11 Å². The maximum Gasteiger partial charge on any atom is 0.121 e. The summed E-state index contributed by atoms with van der Waals surface area (Å²) in [5.74, 6) is 0. The fourth-order valence-corrected chi connectivity index (χ4v) is 1.90. The third-order valence-electron chi connectivity index (χ3n) is 2.76. The molecular weight excluding hydrogens is 214 g/mol. The summed E-state index contributed by atoms with van der Waals surface area (Å²) in [6.45, 7) is 0. The lowest BCUT2D eigenvalue weighted by Crippen LogP contribution is -2.05. The highest BCUT2D eigenvalue weighted by atomic mass is 16.3. The van der Waals surface area contributed by atoms with Gasteiger partial charge in [0.15, 0.2) is 0 Å². The number of imidazole rings is 1. The smallest absolute Gasteiger partial charge is 0.121 e. The molecule has 17 heavy (non-hydrogen) atoms. The minimum atomic E-state index is -0.693. The van der Waals surface area contributed by atoms with Gasteiger partial charge in [0.05, 0.1) is 23.7 Å². The minimum Gasteiger partial charge on any atom is -0.382 e. The Labute approximate surface area is 98.2 Å². The van der Waals surface area contributed by atoms with E-state index in [4.69, 9.17) is 0 Å². The van der Waals surface area contributed by atoms with Gasteiger partial charge in [-0.05, 0) is 18.2 Å². The first-order valence-electron chi connectivity index (χ1n) is 5.35. The van der Waals surface area contributed by atoms with E-state index in [0.29, 0.717) is 0 Å². The number of fused-ring (bicyclic) bond motifs is 1. The minimum absolute atomic E-state index is 0.693. The van der Waals surface area contributed by atoms with Crippen LogP contribution in [-0.2, 0) is 0 Å². The second kappa shape index (κ2) is 3.99. The second-order valence-electron chi connectivity index (χ2n) is 3.83. The number of aliphatic hydroxyl groups is 1. The maximum atomic E-state index is 10.3. The van der Waals surface area contributed by atoms with Crippen molar-refractivity contribution in [3.8, 4) is 0 Å². The zero-order chi connectivity index (χ0) is 11.7. The third-order valence-corrected chi connectivity index (χ3v) is 2.76. The van der Waals surface area contributed by atoms with Crippen LogP contribution in [0.25, 0.3) is 5.52 Å². The molecule has 1 N–H and O–H groups in total. The van der Waals surface area contributed by atoms with Crippen LogP contribution in [0.1, 0.15) is 17.4 Å². The number of aromatic nitrogens is 3. The molecule has 0 aliphatic carbocycles. The van der Waals surface area contributed by atoms with Crippen LogP contribution in [-0.4, -0.2) is 19.5 Å². The van der Waals surface area contributed by atoms with E-state index in [1.54, 1.807) is 24.9 Å². The summed E-state index contributed by atoms with van der Waals surface area (Å²) in [5, 5.41) is 10.3. The molecular formula is C13H11N3O. The van der Waals surface area contributed by atoms with Crippen molar-refractivity contribution in [1.82, 2.24) is 14.4 Å². The number of rotatable bonds is 2. The van der Waals surface area contributed by atoms with Gasteiger partial charge in [-0.25, -0.2) is 4.98 Å². The first-order chi connectivity index (χ1) is 8.36. The fraction of sp³-hybridized carbons (Fsp3) is 0.0769. The van der Waals surface area contributed by atoms with Crippen LogP contribution >= 0.6 is 0 Å². The van der Waals surface area contributed by atoms with Crippen molar-refractivity contribution >= 4 is 5.52 Å². The molecule has 1 unspecified atom stereocenters. The molecule has 0 aliphatic rings. The highest BCUT2D eigenvalue weighted by molar-refractivity contribution is 5.46. The predicted molar refractivity (Wildman–Crippen MR) is 63.5 cm³/mol. The van der Waals surface area contributed by atoms with E-state index in [2.05, 4.69) is 9.97 Å². The molecule has 0 radical (unpaired) electrons. The average molecular weight is 225 g/mol. The quantitative estimate of drug-likeness (QED) is 0.723. The van der Waals surface area contributed by atoms with Gasteiger partial charge in [-0.3, -0.25) is 4.98 Å². The summed E-state index contributed by atoms with van der Waals surface area (Å²) in [5.41, 5.74) is 2.52. The van der Waals surface area contributed by atoms with E-state index >= 15 is 0 Å². The summed E-state index contributed by atoms with van der Waals surface area (Å²) >= 11 is 0. The van der Waals surface area contributed by atoms with Crippen LogP contribution in [0.15, 0.2) is 55.2 Å². The third kappa shape index (κ3) is 1.68. The summed E-state index contributed by atoms with van der Waals surface area (Å²) in [6.07, 6.45) is 6.12. The average Bonchev–Trinajstić information content (AvgIpc) is 2.87. The molecule has 0 amide bonds. The largest absolute Gasteiger partial charge is 0.382 e. The Morgan fingerprint density at radius 2 is 2.00 bits per heavy atom. The molecule has 84 valence electrons. The van der Waals surface area contributed by atoms with Crippen molar-refractivity contribution in [2.75, 3.05) is 0 Å². The summed E-state index contributed by atoms with van der Waals surface area (Å²) in [6, 6.07) is 9.41. The number of aliphatic hydroxyl groups excluding tert-OH is 1. The second-order valence-corrected chi connectivity index (χ2v) is 3.83. The molecule has 0 aliphatic heterocycles. The highest BCUT2D eigenvalue weighted by Crippen LogP contribution is 2.21. The zero-order valence-electron chi connectivity index (χ0n) is 9.06. The first-order valence-corrected chi connectivity index (χ1v) is 5.35. The van der Waals surface area contributed by atoms with E-state index < -0.39 is 6.10 Å². The van der Waals surface area contributed by atoms with Crippen LogP contribution in [0.5, 0.6) is 0 Å². The van der Waals surface area contributed by atoms with Crippen molar-refractivity contribution in [2.45, 2.75) is 6.10 Å².